The lowest BCUT2D eigenvalue weighted by Gasteiger charge is -2.47. The van der Waals surface area contributed by atoms with Crippen molar-refractivity contribution in [1.82, 2.24) is 19.7 Å². The average Bonchev–Trinajstić information content (AvgIpc) is 3.01. The Labute approximate surface area is 150 Å². The minimum atomic E-state index is -0.723. The van der Waals surface area contributed by atoms with E-state index in [1.165, 1.54) is 0 Å². The van der Waals surface area contributed by atoms with Crippen LogP contribution in [-0.4, -0.2) is 36.9 Å². The van der Waals surface area contributed by atoms with Gasteiger partial charge in [0.05, 0.1) is 17.8 Å². The van der Waals surface area contributed by atoms with Gasteiger partial charge in [0.1, 0.15) is 5.82 Å². The van der Waals surface area contributed by atoms with Gasteiger partial charge < -0.3 is 10.4 Å². The predicted molar refractivity (Wildman–Crippen MR) is 93.2 cm³/mol. The second-order valence-corrected chi connectivity index (χ2v) is 7.36. The van der Waals surface area contributed by atoms with Crippen molar-refractivity contribution in [3.05, 3.63) is 23.7 Å². The molecule has 2 unspecified atom stereocenters. The summed E-state index contributed by atoms with van der Waals surface area (Å²) >= 11 is 6.10. The van der Waals surface area contributed by atoms with Crippen molar-refractivity contribution < 1.29 is 9.90 Å². The molecule has 3 aliphatic carbocycles. The Balaban J connectivity index is 1.63. The quantitative estimate of drug-likeness (QED) is 0.813. The molecule has 25 heavy (non-hydrogen) atoms. The Morgan fingerprint density at radius 3 is 2.64 bits per heavy atom. The zero-order valence-corrected chi connectivity index (χ0v) is 14.6. The summed E-state index contributed by atoms with van der Waals surface area (Å²) in [5, 5.41) is 17.3. The number of aromatic nitrogens is 4. The van der Waals surface area contributed by atoms with Crippen LogP contribution in [0.3, 0.4) is 0 Å². The van der Waals surface area contributed by atoms with E-state index in [9.17, 15) is 9.90 Å². The molecule has 0 spiro atoms. The van der Waals surface area contributed by atoms with Crippen LogP contribution < -0.4 is 5.32 Å². The third-order valence-electron chi connectivity index (χ3n) is 5.52. The highest BCUT2D eigenvalue weighted by Gasteiger charge is 2.47. The molecule has 3 saturated carbocycles. The normalized spacial score (nSPS) is 28.1. The van der Waals surface area contributed by atoms with Crippen LogP contribution in [0.4, 0.5) is 5.82 Å². The first-order valence-electron chi connectivity index (χ1n) is 8.54. The fourth-order valence-corrected chi connectivity index (χ4v) is 4.56. The number of nitrogens with one attached hydrogen (secondary N) is 1. The number of hydrogen-bond donors (Lipinski definition) is 2. The summed E-state index contributed by atoms with van der Waals surface area (Å²) in [6.07, 6.45) is 7.72. The van der Waals surface area contributed by atoms with Crippen LogP contribution >= 0.6 is 11.6 Å². The lowest BCUT2D eigenvalue weighted by molar-refractivity contribution is -0.148. The maximum atomic E-state index is 11.8. The summed E-state index contributed by atoms with van der Waals surface area (Å²) in [6.45, 7) is 0. The van der Waals surface area contributed by atoms with Gasteiger partial charge in [0.15, 0.2) is 0 Å². The Morgan fingerprint density at radius 1 is 1.28 bits per heavy atom. The number of nitrogens with zero attached hydrogens (tertiary/aromatic N) is 4. The summed E-state index contributed by atoms with van der Waals surface area (Å²) in [7, 11) is 1.83. The number of carboxylic acids is 1. The third-order valence-corrected chi connectivity index (χ3v) is 5.69. The van der Waals surface area contributed by atoms with E-state index < -0.39 is 5.97 Å². The van der Waals surface area contributed by atoms with Crippen LogP contribution in [0.1, 0.15) is 25.7 Å². The van der Waals surface area contributed by atoms with E-state index in [0.717, 1.165) is 31.2 Å². The van der Waals surface area contributed by atoms with E-state index in [2.05, 4.69) is 20.4 Å². The minimum Gasteiger partial charge on any atom is -0.481 e. The molecule has 3 aliphatic rings. The molecule has 132 valence electrons. The molecule has 2 N–H and O–H groups in total. The maximum Gasteiger partial charge on any atom is 0.308 e. The van der Waals surface area contributed by atoms with Crippen molar-refractivity contribution in [3.8, 4) is 11.3 Å². The highest BCUT2D eigenvalue weighted by molar-refractivity contribution is 6.28. The number of aryl methyl sites for hydroxylation is 1. The van der Waals surface area contributed by atoms with Gasteiger partial charge in [-0.1, -0.05) is 0 Å². The molecule has 2 aromatic rings. The van der Waals surface area contributed by atoms with Gasteiger partial charge in [0.2, 0.25) is 5.28 Å². The van der Waals surface area contributed by atoms with Crippen LogP contribution in [0, 0.1) is 17.8 Å². The number of anilines is 1. The molecule has 3 fully saturated rings. The van der Waals surface area contributed by atoms with E-state index >= 15 is 0 Å². The van der Waals surface area contributed by atoms with Gasteiger partial charge in [-0.25, -0.2) is 9.97 Å². The number of halogens is 1. The monoisotopic (exact) mass is 361 g/mol. The largest absolute Gasteiger partial charge is 0.481 e. The zero-order chi connectivity index (χ0) is 17.6. The Kier molecular flexibility index (Phi) is 4.11. The summed E-state index contributed by atoms with van der Waals surface area (Å²) in [5.74, 6) is 0.0852. The summed E-state index contributed by atoms with van der Waals surface area (Å²) in [6, 6.07) is 1.70. The van der Waals surface area contributed by atoms with Crippen LogP contribution in [0.15, 0.2) is 18.5 Å². The molecular weight excluding hydrogens is 342 g/mol. The van der Waals surface area contributed by atoms with Gasteiger partial charge in [-0.2, -0.15) is 5.10 Å². The summed E-state index contributed by atoms with van der Waals surface area (Å²) < 4.78 is 1.69. The van der Waals surface area contributed by atoms with Crippen LogP contribution in [0.2, 0.25) is 5.28 Å². The molecule has 0 amide bonds. The fraction of sp³-hybridized carbons (Fsp3) is 0.529. The first-order chi connectivity index (χ1) is 12.0. The van der Waals surface area contributed by atoms with Gasteiger partial charge >= 0.3 is 5.97 Å². The number of carbonyl (C=O) groups is 1. The van der Waals surface area contributed by atoms with Crippen LogP contribution in [0.25, 0.3) is 11.3 Å². The average molecular weight is 362 g/mol. The second-order valence-electron chi connectivity index (χ2n) is 7.02. The van der Waals surface area contributed by atoms with Gasteiger partial charge in [-0.3, -0.25) is 9.48 Å². The predicted octanol–water partition coefficient (Wildman–Crippen LogP) is 2.83. The van der Waals surface area contributed by atoms with Crippen molar-refractivity contribution in [2.75, 3.05) is 5.32 Å². The zero-order valence-electron chi connectivity index (χ0n) is 13.9. The van der Waals surface area contributed by atoms with Crippen molar-refractivity contribution in [2.24, 2.45) is 24.8 Å². The molecule has 2 bridgehead atoms. The minimum absolute atomic E-state index is 0.113. The first-order valence-corrected chi connectivity index (χ1v) is 8.92. The van der Waals surface area contributed by atoms with Crippen LogP contribution in [0.5, 0.6) is 0 Å². The Morgan fingerprint density at radius 2 is 2.00 bits per heavy atom. The molecule has 2 heterocycles. The fourth-order valence-electron chi connectivity index (χ4n) is 4.38. The van der Waals surface area contributed by atoms with E-state index in [-0.39, 0.29) is 23.2 Å². The third kappa shape index (κ3) is 3.08. The lowest BCUT2D eigenvalue weighted by Crippen LogP contribution is -2.51. The van der Waals surface area contributed by atoms with Gasteiger partial charge in [-0.15, -0.1) is 0 Å². The lowest BCUT2D eigenvalue weighted by atomic mass is 9.61. The Hall–Kier alpha value is -2.15. The molecule has 2 aromatic heterocycles. The summed E-state index contributed by atoms with van der Waals surface area (Å²) in [5.41, 5.74) is 1.51. The summed E-state index contributed by atoms with van der Waals surface area (Å²) in [4.78, 5) is 20.3. The molecule has 0 radical (unpaired) electrons. The number of fused-ring (bicyclic) bond motifs is 3. The molecule has 0 aliphatic heterocycles. The van der Waals surface area contributed by atoms with Gasteiger partial charge in [-0.05, 0) is 49.1 Å². The molecule has 0 aromatic carbocycles. The van der Waals surface area contributed by atoms with Gasteiger partial charge in [0, 0.05) is 30.9 Å². The van der Waals surface area contributed by atoms with E-state index in [0.29, 0.717) is 17.4 Å². The smallest absolute Gasteiger partial charge is 0.308 e. The van der Waals surface area contributed by atoms with E-state index in [1.54, 1.807) is 10.9 Å². The maximum absolute atomic E-state index is 11.8. The number of rotatable bonds is 4. The van der Waals surface area contributed by atoms with Gasteiger partial charge in [0.25, 0.3) is 0 Å². The van der Waals surface area contributed by atoms with Crippen LogP contribution in [-0.2, 0) is 11.8 Å². The van der Waals surface area contributed by atoms with Crippen molar-refractivity contribution in [1.29, 1.82) is 0 Å². The second kappa shape index (κ2) is 6.29. The number of aliphatic carboxylic acids is 1. The molecule has 2 atom stereocenters. The molecule has 5 rings (SSSR count). The van der Waals surface area contributed by atoms with Crippen molar-refractivity contribution >= 4 is 23.4 Å². The molecule has 8 heteroatoms. The molecule has 7 nitrogen and oxygen atoms in total. The standard InChI is InChI=1S/C17H20ClN5O2/c1-23-8-11(7-19-23)12-6-13(22-17(18)20-12)21-15-10-4-2-9(3-5-10)14(15)16(24)25/h6-10,14-15H,2-5H2,1H3,(H,24,25)(H,20,21,22). The number of carboxylic acid groups (broad SMARTS) is 1. The van der Waals surface area contributed by atoms with Crippen molar-refractivity contribution in [2.45, 2.75) is 31.7 Å². The topological polar surface area (TPSA) is 92.9 Å². The first kappa shape index (κ1) is 16.3. The highest BCUT2D eigenvalue weighted by atomic mass is 35.5. The van der Waals surface area contributed by atoms with E-state index in [1.807, 2.05) is 19.3 Å². The molecule has 0 saturated heterocycles. The number of hydrogen-bond acceptors (Lipinski definition) is 5. The Bertz CT molecular complexity index is 800. The SMILES string of the molecule is Cn1cc(-c2cc(NC3C4CCC(CC4)C3C(=O)O)nc(Cl)n2)cn1. The van der Waals surface area contributed by atoms with Crippen molar-refractivity contribution in [3.63, 3.8) is 0 Å². The van der Waals surface area contributed by atoms with E-state index in [4.69, 9.17) is 11.6 Å². The molecular formula is C17H20ClN5O2. The highest BCUT2D eigenvalue weighted by Crippen LogP contribution is 2.46.